The predicted octanol–water partition coefficient (Wildman–Crippen LogP) is 5.80. The van der Waals surface area contributed by atoms with Crippen LogP contribution in [0.4, 0.5) is 5.69 Å². The molecular formula is C15H20I3NO2SV-. The zero-order valence-corrected chi connectivity index (χ0v) is 22.1. The van der Waals surface area contributed by atoms with Crippen molar-refractivity contribution in [2.75, 3.05) is 25.3 Å². The summed E-state index contributed by atoms with van der Waals surface area (Å²) in [7, 11) is 0.702. The zero-order chi connectivity index (χ0) is 18.2. The van der Waals surface area contributed by atoms with Gasteiger partial charge in [0.25, 0.3) is 0 Å². The van der Waals surface area contributed by atoms with Crippen LogP contribution in [0.15, 0.2) is 41.3 Å². The summed E-state index contributed by atoms with van der Waals surface area (Å²) in [6.07, 6.45) is 1.24. The van der Waals surface area contributed by atoms with Gasteiger partial charge in [0.1, 0.15) is 0 Å². The van der Waals surface area contributed by atoms with Gasteiger partial charge in [-0.2, -0.15) is 6.92 Å². The van der Waals surface area contributed by atoms with Crippen LogP contribution in [0.5, 0.6) is 0 Å². The molecule has 0 aromatic heterocycles. The monoisotopic (exact) mass is 710 g/mol. The van der Waals surface area contributed by atoms with E-state index in [1.54, 1.807) is 19.1 Å². The van der Waals surface area contributed by atoms with Crippen LogP contribution in [0, 0.1) is 6.92 Å². The first-order chi connectivity index (χ1) is 10.6. The summed E-state index contributed by atoms with van der Waals surface area (Å²) in [6, 6.07) is 11.1. The molecule has 0 fully saturated rings. The average Bonchev–Trinajstić information content (AvgIpc) is 2.46. The summed E-state index contributed by atoms with van der Waals surface area (Å²) in [5.41, 5.74) is 1.02. The summed E-state index contributed by atoms with van der Waals surface area (Å²) in [6.45, 7) is 5.00. The van der Waals surface area contributed by atoms with Gasteiger partial charge in [0.05, 0.1) is 4.90 Å². The molecular weight excluding hydrogens is 690 g/mol. The van der Waals surface area contributed by atoms with Crippen molar-refractivity contribution < 1.29 is 13.3 Å². The van der Waals surface area contributed by atoms with Crippen molar-refractivity contribution in [3.8, 4) is 0 Å². The number of nitrogens with zero attached hydrogens (tertiary/aromatic N) is 1. The van der Waals surface area contributed by atoms with Gasteiger partial charge in [0, 0.05) is 36.8 Å². The quantitative estimate of drug-likeness (QED) is 0.292. The number of fused-ring (bicyclic) bond motifs is 1. The summed E-state index contributed by atoms with van der Waals surface area (Å²) < 4.78 is 23.4. The summed E-state index contributed by atoms with van der Waals surface area (Å²) in [5.74, 6) is 0. The number of hydrogen-bond acceptors (Lipinski definition) is 3. The van der Waals surface area contributed by atoms with E-state index >= 15 is 0 Å². The van der Waals surface area contributed by atoms with E-state index in [2.05, 4.69) is 66.9 Å². The Balaban J connectivity index is 0.000000705. The number of benzene rings is 2. The molecule has 0 bridgehead atoms. The van der Waals surface area contributed by atoms with E-state index in [1.807, 2.05) is 43.3 Å². The van der Waals surface area contributed by atoms with Gasteiger partial charge in [0.15, 0.2) is 9.84 Å². The molecule has 0 aliphatic heterocycles. The van der Waals surface area contributed by atoms with Crippen LogP contribution in [0.3, 0.4) is 0 Å². The molecule has 23 heavy (non-hydrogen) atoms. The second kappa shape index (κ2) is 11.8. The number of anilines is 1. The van der Waals surface area contributed by atoms with Gasteiger partial charge in [0.2, 0.25) is 0 Å². The van der Waals surface area contributed by atoms with Gasteiger partial charge in [-0.25, -0.2) is 8.42 Å². The second-order valence-electron chi connectivity index (χ2n) is 4.49. The Morgan fingerprint density at radius 2 is 1.39 bits per heavy atom. The van der Waals surface area contributed by atoms with E-state index in [1.165, 1.54) is 6.26 Å². The molecule has 0 radical (unpaired) electrons. The molecule has 0 unspecified atom stereocenters. The Morgan fingerprint density at radius 3 is 1.83 bits per heavy atom. The Labute approximate surface area is 177 Å². The van der Waals surface area contributed by atoms with Crippen LogP contribution in [0.1, 0.15) is 6.92 Å². The molecule has 0 amide bonds. The number of halogens is 3. The van der Waals surface area contributed by atoms with Crippen molar-refractivity contribution in [2.45, 2.75) is 11.8 Å². The molecule has 0 saturated carbocycles. The van der Waals surface area contributed by atoms with Gasteiger partial charge in [-0.05, 0) is 12.1 Å². The molecule has 0 aliphatic rings. The molecule has 0 heterocycles. The summed E-state index contributed by atoms with van der Waals surface area (Å²) in [4.78, 5) is 2.09. The first-order valence-electron chi connectivity index (χ1n) is 6.52. The average molecular weight is 710 g/mol. The number of sulfone groups is 1. The number of hydrogen-bond donors (Lipinski definition) is 0. The van der Waals surface area contributed by atoms with E-state index < -0.39 is 9.84 Å². The molecule has 3 nitrogen and oxygen atoms in total. The zero-order valence-electron chi connectivity index (χ0n) is 13.4. The molecule has 0 spiro atoms. The van der Waals surface area contributed by atoms with E-state index in [-0.39, 0.29) is 4.92 Å². The summed E-state index contributed by atoms with van der Waals surface area (Å²) in [5, 5.41) is 1.74. The fraction of sp³-hybridized carbons (Fsp3) is 0.267. The van der Waals surface area contributed by atoms with Crippen LogP contribution in [-0.2, 0) is 14.8 Å². The molecule has 8 heteroatoms. The minimum absolute atomic E-state index is 0.278. The van der Waals surface area contributed by atoms with Crippen molar-refractivity contribution in [1.29, 1.82) is 0 Å². The third kappa shape index (κ3) is 8.43. The molecule has 0 aliphatic carbocycles. The van der Waals surface area contributed by atoms with Gasteiger partial charge in [-0.3, -0.25) is 0 Å². The van der Waals surface area contributed by atoms with Crippen molar-refractivity contribution in [2.24, 2.45) is 0 Å². The molecule has 2 aromatic carbocycles. The molecule has 0 saturated heterocycles. The van der Waals surface area contributed by atoms with E-state index in [4.69, 9.17) is 0 Å². The van der Waals surface area contributed by atoms with Gasteiger partial charge >= 0.3 is 64.9 Å². The van der Waals surface area contributed by atoms with Gasteiger partial charge in [-0.15, -0.1) is 0 Å². The Morgan fingerprint density at radius 1 is 0.957 bits per heavy atom. The van der Waals surface area contributed by atoms with Crippen LogP contribution in [-0.4, -0.2) is 28.8 Å². The second-order valence-corrected chi connectivity index (χ2v) is 41.8. The van der Waals surface area contributed by atoms with Crippen molar-refractivity contribution >= 4 is 86.2 Å². The Kier molecular flexibility index (Phi) is 12.4. The predicted molar refractivity (Wildman–Crippen MR) is 124 cm³/mol. The topological polar surface area (TPSA) is 37.4 Å². The van der Waals surface area contributed by atoms with Crippen LogP contribution in [0.25, 0.3) is 10.8 Å². The third-order valence-electron chi connectivity index (χ3n) is 2.74. The molecule has 2 aromatic rings. The third-order valence-corrected chi connectivity index (χ3v) is 3.90. The van der Waals surface area contributed by atoms with E-state index in [0.717, 1.165) is 16.5 Å². The fourth-order valence-electron chi connectivity index (χ4n) is 1.98. The Hall–Kier alpha value is 1.22. The van der Waals surface area contributed by atoms with Crippen molar-refractivity contribution in [1.82, 2.24) is 0 Å². The number of rotatable bonds is 2. The van der Waals surface area contributed by atoms with E-state index in [9.17, 15) is 8.42 Å². The summed E-state index contributed by atoms with van der Waals surface area (Å²) >= 11 is 7.39. The maximum absolute atomic E-state index is 11.7. The van der Waals surface area contributed by atoms with Crippen molar-refractivity contribution in [3.63, 3.8) is 0 Å². The van der Waals surface area contributed by atoms with Gasteiger partial charge in [-0.1, -0.05) is 24.3 Å². The SMILES string of the molecule is CN(C)c1cccc2c(S(C)(=O)=O)cccc12.[CH2-]C.[I][V]([I])[I]. The van der Waals surface area contributed by atoms with Crippen LogP contribution < -0.4 is 4.90 Å². The first kappa shape index (κ1) is 24.2. The molecule has 130 valence electrons. The molecule has 2 rings (SSSR count). The maximum atomic E-state index is 11.7. The van der Waals surface area contributed by atoms with Crippen LogP contribution >= 0.6 is 59.9 Å². The first-order valence-corrected chi connectivity index (χ1v) is 21.9. The fourth-order valence-corrected chi connectivity index (χ4v) is 2.88. The molecule has 0 atom stereocenters. The van der Waals surface area contributed by atoms with E-state index in [0.29, 0.717) is 4.90 Å². The van der Waals surface area contributed by atoms with Crippen molar-refractivity contribution in [3.05, 3.63) is 43.3 Å². The van der Waals surface area contributed by atoms with Crippen LogP contribution in [0.2, 0.25) is 0 Å². The normalized spacial score (nSPS) is 10.5. The molecule has 0 N–H and O–H groups in total. The minimum atomic E-state index is -3.19. The standard InChI is InChI=1S/C13H15NO2S.C2H5.3HI.V/c1-14(2)12-8-4-7-11-10(12)6-5-9-13(11)17(3,15)16;1-2;;;;/h4-9H,1-3H3;1H2,2H3;3*1H;/q;-1;;;;+3/p-3. The Bertz CT molecular complexity index is 719. The van der Waals surface area contributed by atoms with Gasteiger partial charge < -0.3 is 11.8 Å².